The van der Waals surface area contributed by atoms with Gasteiger partial charge < -0.3 is 9.30 Å². The first-order valence-corrected chi connectivity index (χ1v) is 8.53. The van der Waals surface area contributed by atoms with E-state index >= 15 is 0 Å². The number of hydrogen-bond donors (Lipinski definition) is 0. The van der Waals surface area contributed by atoms with Crippen molar-refractivity contribution in [1.29, 1.82) is 0 Å². The average molecular weight is 410 g/mol. The molecule has 154 valence electrons. The maximum atomic E-state index is 13.0. The number of carbonyl (C=O) groups is 1. The third kappa shape index (κ3) is 3.93. The molecule has 0 bridgehead atoms. The number of fused-ring (bicyclic) bond motifs is 1. The van der Waals surface area contributed by atoms with Gasteiger partial charge in [-0.2, -0.15) is 13.2 Å². The Hall–Kier alpha value is -3.37. The number of rotatable bonds is 5. The van der Waals surface area contributed by atoms with Gasteiger partial charge in [-0.25, -0.2) is 9.78 Å². The highest BCUT2D eigenvalue weighted by atomic mass is 19.4. The van der Waals surface area contributed by atoms with Crippen LogP contribution in [0, 0.1) is 0 Å². The number of aromatic nitrogens is 4. The second kappa shape index (κ2) is 7.57. The summed E-state index contributed by atoms with van der Waals surface area (Å²) >= 11 is 0. The van der Waals surface area contributed by atoms with E-state index in [1.807, 2.05) is 0 Å². The molecular weight excluding hydrogens is 393 g/mol. The van der Waals surface area contributed by atoms with Gasteiger partial charge in [-0.15, -0.1) is 0 Å². The fraction of sp³-hybridized carbons (Fsp3) is 0.333. The minimum atomic E-state index is -4.55. The molecule has 0 saturated heterocycles. The summed E-state index contributed by atoms with van der Waals surface area (Å²) in [5, 5.41) is 0. The summed E-state index contributed by atoms with van der Waals surface area (Å²) in [6.45, 7) is -0.501. The van der Waals surface area contributed by atoms with Crippen LogP contribution < -0.4 is 11.2 Å². The minimum absolute atomic E-state index is 0.0176. The first kappa shape index (κ1) is 20.4. The molecule has 0 unspecified atom stereocenters. The Balaban J connectivity index is 1.72. The predicted octanol–water partition coefficient (Wildman–Crippen LogP) is 1.59. The van der Waals surface area contributed by atoms with Crippen molar-refractivity contribution in [3.63, 3.8) is 0 Å². The standard InChI is InChI=1S/C18H17F3N4O4/c1-23-15-14(16(27)24(2)17(23)28)25(10-22-15)8-7-13(26)29-9-11-5-3-4-6-12(11)18(19,20)21/h3-6,10H,7-9H2,1-2H3. The van der Waals surface area contributed by atoms with Gasteiger partial charge in [0.1, 0.15) is 6.61 Å². The number of imidazole rings is 1. The Labute approximate surface area is 161 Å². The summed E-state index contributed by atoms with van der Waals surface area (Å²) in [6.07, 6.45) is -3.42. The predicted molar refractivity (Wildman–Crippen MR) is 96.1 cm³/mol. The lowest BCUT2D eigenvalue weighted by molar-refractivity contribution is -0.148. The van der Waals surface area contributed by atoms with Gasteiger partial charge in [-0.3, -0.25) is 18.7 Å². The van der Waals surface area contributed by atoms with Gasteiger partial charge in [-0.1, -0.05) is 18.2 Å². The van der Waals surface area contributed by atoms with E-state index in [0.29, 0.717) is 0 Å². The molecular formula is C18H17F3N4O4. The molecule has 0 aliphatic heterocycles. The number of carbonyl (C=O) groups excluding carboxylic acids is 1. The van der Waals surface area contributed by atoms with Crippen molar-refractivity contribution in [3.05, 3.63) is 62.6 Å². The van der Waals surface area contributed by atoms with E-state index in [1.54, 1.807) is 0 Å². The number of halogens is 3. The highest BCUT2D eigenvalue weighted by Crippen LogP contribution is 2.32. The van der Waals surface area contributed by atoms with Gasteiger partial charge in [0.25, 0.3) is 5.56 Å². The van der Waals surface area contributed by atoms with Crippen LogP contribution in [-0.2, 0) is 43.0 Å². The fourth-order valence-electron chi connectivity index (χ4n) is 2.93. The number of benzene rings is 1. The Bertz CT molecular complexity index is 1190. The number of nitrogens with zero attached hydrogens (tertiary/aromatic N) is 4. The van der Waals surface area contributed by atoms with Crippen LogP contribution in [-0.4, -0.2) is 24.7 Å². The molecule has 0 fully saturated rings. The van der Waals surface area contributed by atoms with Crippen molar-refractivity contribution < 1.29 is 22.7 Å². The molecule has 8 nitrogen and oxygen atoms in total. The molecule has 0 N–H and O–H groups in total. The molecule has 0 aliphatic rings. The first-order chi connectivity index (χ1) is 13.6. The van der Waals surface area contributed by atoms with E-state index in [2.05, 4.69) is 4.98 Å². The monoisotopic (exact) mass is 410 g/mol. The zero-order chi connectivity index (χ0) is 21.3. The van der Waals surface area contributed by atoms with E-state index in [0.717, 1.165) is 10.6 Å². The zero-order valence-corrected chi connectivity index (χ0v) is 15.6. The molecule has 29 heavy (non-hydrogen) atoms. The number of ether oxygens (including phenoxy) is 1. The van der Waals surface area contributed by atoms with Crippen LogP contribution in [0.1, 0.15) is 17.5 Å². The number of alkyl halides is 3. The van der Waals surface area contributed by atoms with Crippen LogP contribution in [0.3, 0.4) is 0 Å². The molecule has 0 spiro atoms. The Kier molecular flexibility index (Phi) is 5.31. The molecule has 1 aromatic carbocycles. The van der Waals surface area contributed by atoms with Crippen molar-refractivity contribution in [3.8, 4) is 0 Å². The van der Waals surface area contributed by atoms with E-state index in [9.17, 15) is 27.6 Å². The molecule has 0 atom stereocenters. The molecule has 11 heteroatoms. The Morgan fingerprint density at radius 1 is 1.14 bits per heavy atom. The van der Waals surface area contributed by atoms with E-state index < -0.39 is 35.6 Å². The van der Waals surface area contributed by atoms with Crippen molar-refractivity contribution in [2.45, 2.75) is 25.7 Å². The molecule has 3 aromatic rings. The lowest BCUT2D eigenvalue weighted by Gasteiger charge is -2.13. The van der Waals surface area contributed by atoms with Crippen LogP contribution in [0.5, 0.6) is 0 Å². The summed E-state index contributed by atoms with van der Waals surface area (Å²) in [5.74, 6) is -0.731. The fourth-order valence-corrected chi connectivity index (χ4v) is 2.93. The molecule has 2 aromatic heterocycles. The summed E-state index contributed by atoms with van der Waals surface area (Å²) in [6, 6.07) is 4.84. The van der Waals surface area contributed by atoms with Gasteiger partial charge in [0.05, 0.1) is 18.3 Å². The van der Waals surface area contributed by atoms with Crippen molar-refractivity contribution in [2.75, 3.05) is 0 Å². The molecule has 2 heterocycles. The van der Waals surface area contributed by atoms with Gasteiger partial charge in [0.15, 0.2) is 11.2 Å². The van der Waals surface area contributed by atoms with Crippen LogP contribution in [0.15, 0.2) is 40.2 Å². The quantitative estimate of drug-likeness (QED) is 0.596. The number of hydrogen-bond acceptors (Lipinski definition) is 5. The third-order valence-corrected chi connectivity index (χ3v) is 4.49. The van der Waals surface area contributed by atoms with E-state index in [4.69, 9.17) is 4.74 Å². The van der Waals surface area contributed by atoms with Gasteiger partial charge in [-0.05, 0) is 6.07 Å². The first-order valence-electron chi connectivity index (χ1n) is 8.53. The summed E-state index contributed by atoms with van der Waals surface area (Å²) < 4.78 is 47.4. The Morgan fingerprint density at radius 3 is 2.52 bits per heavy atom. The van der Waals surface area contributed by atoms with E-state index in [-0.39, 0.29) is 29.7 Å². The minimum Gasteiger partial charge on any atom is -0.461 e. The van der Waals surface area contributed by atoms with Crippen LogP contribution in [0.4, 0.5) is 13.2 Å². The Morgan fingerprint density at radius 2 is 1.83 bits per heavy atom. The SMILES string of the molecule is Cn1c(=O)c2c(ncn2CCC(=O)OCc2ccccc2C(F)(F)F)n(C)c1=O. The summed E-state index contributed by atoms with van der Waals surface area (Å²) in [5.41, 5.74) is -1.79. The molecule has 0 amide bonds. The lowest BCUT2D eigenvalue weighted by atomic mass is 10.1. The normalized spacial score (nSPS) is 11.8. The van der Waals surface area contributed by atoms with Gasteiger partial charge in [0, 0.05) is 26.2 Å². The molecule has 0 saturated carbocycles. The third-order valence-electron chi connectivity index (χ3n) is 4.49. The van der Waals surface area contributed by atoms with Crippen molar-refractivity contribution in [1.82, 2.24) is 18.7 Å². The molecule has 0 radical (unpaired) electrons. The highest BCUT2D eigenvalue weighted by Gasteiger charge is 2.33. The largest absolute Gasteiger partial charge is 0.461 e. The van der Waals surface area contributed by atoms with Crippen molar-refractivity contribution in [2.24, 2.45) is 14.1 Å². The topological polar surface area (TPSA) is 88.1 Å². The van der Waals surface area contributed by atoms with Crippen LogP contribution in [0.2, 0.25) is 0 Å². The van der Waals surface area contributed by atoms with Crippen LogP contribution in [0.25, 0.3) is 11.2 Å². The van der Waals surface area contributed by atoms with E-state index in [1.165, 1.54) is 47.8 Å². The smallest absolute Gasteiger partial charge is 0.416 e. The average Bonchev–Trinajstić information content (AvgIpc) is 3.11. The lowest BCUT2D eigenvalue weighted by Crippen LogP contribution is -2.37. The van der Waals surface area contributed by atoms with Gasteiger partial charge >= 0.3 is 17.8 Å². The second-order valence-corrected chi connectivity index (χ2v) is 6.38. The van der Waals surface area contributed by atoms with Crippen molar-refractivity contribution >= 4 is 17.1 Å². The number of esters is 1. The summed E-state index contributed by atoms with van der Waals surface area (Å²) in [7, 11) is 2.79. The summed E-state index contributed by atoms with van der Waals surface area (Å²) in [4.78, 5) is 40.3. The van der Waals surface area contributed by atoms with Crippen LogP contribution >= 0.6 is 0 Å². The molecule has 0 aliphatic carbocycles. The second-order valence-electron chi connectivity index (χ2n) is 6.38. The van der Waals surface area contributed by atoms with Gasteiger partial charge in [0.2, 0.25) is 0 Å². The molecule has 3 rings (SSSR count). The number of aryl methyl sites for hydroxylation is 2. The highest BCUT2D eigenvalue weighted by molar-refractivity contribution is 5.72. The maximum Gasteiger partial charge on any atom is 0.416 e. The zero-order valence-electron chi connectivity index (χ0n) is 15.6. The maximum absolute atomic E-state index is 13.0.